The topological polar surface area (TPSA) is 44.1 Å². The Balaban J connectivity index is 2.86. The molecule has 0 saturated heterocycles. The molecule has 0 atom stereocenters. The number of nitrogens with zero attached hydrogens (tertiary/aromatic N) is 2. The summed E-state index contributed by atoms with van der Waals surface area (Å²) in [4.78, 5) is 11.2. The van der Waals surface area contributed by atoms with Crippen molar-refractivity contribution >= 4 is 28.6 Å². The molecule has 1 heterocycles. The summed E-state index contributed by atoms with van der Waals surface area (Å²) < 4.78 is 41.9. The molecule has 0 unspecified atom stereocenters. The van der Waals surface area contributed by atoms with Crippen LogP contribution >= 0.6 is 22.6 Å². The molecule has 0 saturated carbocycles. The van der Waals surface area contributed by atoms with E-state index in [0.717, 1.165) is 0 Å². The van der Waals surface area contributed by atoms with Crippen LogP contribution < -0.4 is 0 Å². The molecule has 8 heteroatoms. The van der Waals surface area contributed by atoms with Crippen LogP contribution in [0.25, 0.3) is 0 Å². The Labute approximate surface area is 103 Å². The smallest absolute Gasteiger partial charge is 0.408 e. The van der Waals surface area contributed by atoms with Crippen molar-refractivity contribution in [2.45, 2.75) is 19.6 Å². The molecule has 0 bridgehead atoms. The van der Waals surface area contributed by atoms with E-state index in [-0.39, 0.29) is 16.0 Å². The number of esters is 1. The van der Waals surface area contributed by atoms with Crippen molar-refractivity contribution in [3.63, 3.8) is 0 Å². The molecule has 1 aromatic rings. The SMILES string of the molecule is CCOC(=O)c1cc(I)n(CC(F)(F)F)n1. The van der Waals surface area contributed by atoms with Crippen LogP contribution in [-0.4, -0.2) is 28.5 Å². The van der Waals surface area contributed by atoms with Crippen LogP contribution in [0.4, 0.5) is 13.2 Å². The third-order valence-electron chi connectivity index (χ3n) is 1.54. The molecule has 1 rings (SSSR count). The number of carbonyl (C=O) groups excluding carboxylic acids is 1. The zero-order valence-electron chi connectivity index (χ0n) is 8.21. The fraction of sp³-hybridized carbons (Fsp3) is 0.500. The van der Waals surface area contributed by atoms with Gasteiger partial charge in [0.25, 0.3) is 0 Å². The highest BCUT2D eigenvalue weighted by molar-refractivity contribution is 14.1. The molecule has 0 aliphatic rings. The number of hydrogen-bond acceptors (Lipinski definition) is 3. The lowest BCUT2D eigenvalue weighted by molar-refractivity contribution is -0.143. The fourth-order valence-corrected chi connectivity index (χ4v) is 1.55. The van der Waals surface area contributed by atoms with Gasteiger partial charge in [-0.05, 0) is 29.5 Å². The summed E-state index contributed by atoms with van der Waals surface area (Å²) in [6.07, 6.45) is -4.36. The summed E-state index contributed by atoms with van der Waals surface area (Å²) in [5, 5.41) is 3.53. The largest absolute Gasteiger partial charge is 0.461 e. The van der Waals surface area contributed by atoms with Crippen LogP contribution in [-0.2, 0) is 11.3 Å². The van der Waals surface area contributed by atoms with Gasteiger partial charge < -0.3 is 4.74 Å². The van der Waals surface area contributed by atoms with Crippen LogP contribution in [0.1, 0.15) is 17.4 Å². The van der Waals surface area contributed by atoms with Crippen LogP contribution in [0.15, 0.2) is 6.07 Å². The molecule has 0 aromatic carbocycles. The zero-order valence-corrected chi connectivity index (χ0v) is 10.4. The molecule has 0 radical (unpaired) electrons. The van der Waals surface area contributed by atoms with E-state index < -0.39 is 18.7 Å². The summed E-state index contributed by atoms with van der Waals surface area (Å²) in [7, 11) is 0. The Kier molecular flexibility index (Phi) is 4.16. The lowest BCUT2D eigenvalue weighted by Crippen LogP contribution is -2.20. The molecule has 0 amide bonds. The third kappa shape index (κ3) is 3.65. The Morgan fingerprint density at radius 3 is 2.75 bits per heavy atom. The fourth-order valence-electron chi connectivity index (χ4n) is 0.979. The second-order valence-electron chi connectivity index (χ2n) is 2.85. The quantitative estimate of drug-likeness (QED) is 0.622. The van der Waals surface area contributed by atoms with E-state index in [1.54, 1.807) is 29.5 Å². The lowest BCUT2D eigenvalue weighted by atomic mass is 10.4. The molecule has 90 valence electrons. The molecule has 0 N–H and O–H groups in total. The molecule has 1 aromatic heterocycles. The number of alkyl halides is 3. The van der Waals surface area contributed by atoms with Gasteiger partial charge in [0.05, 0.1) is 6.61 Å². The summed E-state index contributed by atoms with van der Waals surface area (Å²) in [5.74, 6) is -0.721. The van der Waals surface area contributed by atoms with Gasteiger partial charge in [-0.15, -0.1) is 0 Å². The van der Waals surface area contributed by atoms with Gasteiger partial charge in [0.2, 0.25) is 0 Å². The minimum Gasteiger partial charge on any atom is -0.461 e. The molecule has 4 nitrogen and oxygen atoms in total. The van der Waals surface area contributed by atoms with Crippen LogP contribution in [0, 0.1) is 3.70 Å². The molecular weight excluding hydrogens is 340 g/mol. The standard InChI is InChI=1S/C8H8F3IN2O2/c1-2-16-7(15)5-3-6(12)14(13-5)4-8(9,10)11/h3H,2,4H2,1H3. The lowest BCUT2D eigenvalue weighted by Gasteiger charge is -2.06. The molecule has 0 fully saturated rings. The van der Waals surface area contributed by atoms with Crippen LogP contribution in [0.5, 0.6) is 0 Å². The number of ether oxygens (including phenoxy) is 1. The van der Waals surface area contributed by atoms with Gasteiger partial charge in [-0.2, -0.15) is 18.3 Å². The monoisotopic (exact) mass is 348 g/mol. The van der Waals surface area contributed by atoms with Crippen molar-refractivity contribution in [1.82, 2.24) is 9.78 Å². The van der Waals surface area contributed by atoms with E-state index in [2.05, 4.69) is 9.84 Å². The zero-order chi connectivity index (χ0) is 12.3. The number of halogens is 4. The Hall–Kier alpha value is -0.800. The molecular formula is C8H8F3IN2O2. The van der Waals surface area contributed by atoms with Gasteiger partial charge in [0.15, 0.2) is 5.69 Å². The third-order valence-corrected chi connectivity index (χ3v) is 2.41. The van der Waals surface area contributed by atoms with Gasteiger partial charge in [-0.3, -0.25) is 0 Å². The number of aromatic nitrogens is 2. The minimum absolute atomic E-state index is 0.115. The molecule has 16 heavy (non-hydrogen) atoms. The Morgan fingerprint density at radius 2 is 2.25 bits per heavy atom. The highest BCUT2D eigenvalue weighted by Gasteiger charge is 2.30. The maximum Gasteiger partial charge on any atom is 0.408 e. The van der Waals surface area contributed by atoms with Crippen LogP contribution in [0.2, 0.25) is 0 Å². The van der Waals surface area contributed by atoms with Gasteiger partial charge in [0, 0.05) is 6.07 Å². The number of hydrogen-bond donors (Lipinski definition) is 0. The summed E-state index contributed by atoms with van der Waals surface area (Å²) in [5.41, 5.74) is -0.115. The average molecular weight is 348 g/mol. The van der Waals surface area contributed by atoms with E-state index in [1.807, 2.05) is 0 Å². The van der Waals surface area contributed by atoms with Crippen molar-refractivity contribution in [3.8, 4) is 0 Å². The predicted molar refractivity (Wildman–Crippen MR) is 57.0 cm³/mol. The van der Waals surface area contributed by atoms with Crippen molar-refractivity contribution in [1.29, 1.82) is 0 Å². The average Bonchev–Trinajstić information content (AvgIpc) is 2.45. The van der Waals surface area contributed by atoms with Crippen molar-refractivity contribution in [3.05, 3.63) is 15.5 Å². The van der Waals surface area contributed by atoms with Gasteiger partial charge in [-0.1, -0.05) is 0 Å². The Morgan fingerprint density at radius 1 is 1.62 bits per heavy atom. The van der Waals surface area contributed by atoms with Gasteiger partial charge in [0.1, 0.15) is 10.2 Å². The van der Waals surface area contributed by atoms with E-state index >= 15 is 0 Å². The van der Waals surface area contributed by atoms with Crippen molar-refractivity contribution in [2.24, 2.45) is 0 Å². The van der Waals surface area contributed by atoms with E-state index in [0.29, 0.717) is 4.68 Å². The first-order valence-electron chi connectivity index (χ1n) is 4.30. The van der Waals surface area contributed by atoms with Crippen molar-refractivity contribution < 1.29 is 22.7 Å². The van der Waals surface area contributed by atoms with Crippen molar-refractivity contribution in [2.75, 3.05) is 6.61 Å². The molecule has 0 aliphatic carbocycles. The summed E-state index contributed by atoms with van der Waals surface area (Å²) in [6.45, 7) is 0.543. The molecule has 0 aliphatic heterocycles. The van der Waals surface area contributed by atoms with Crippen LogP contribution in [0.3, 0.4) is 0 Å². The first-order valence-corrected chi connectivity index (χ1v) is 5.38. The maximum atomic E-state index is 12.1. The molecule has 0 spiro atoms. The highest BCUT2D eigenvalue weighted by atomic mass is 127. The van der Waals surface area contributed by atoms with Gasteiger partial charge in [-0.25, -0.2) is 9.48 Å². The second-order valence-corrected chi connectivity index (χ2v) is 3.95. The normalized spacial score (nSPS) is 11.6. The maximum absolute atomic E-state index is 12.1. The minimum atomic E-state index is -4.36. The van der Waals surface area contributed by atoms with E-state index in [1.165, 1.54) is 6.07 Å². The van der Waals surface area contributed by atoms with E-state index in [4.69, 9.17) is 0 Å². The summed E-state index contributed by atoms with van der Waals surface area (Å²) >= 11 is 1.68. The number of carbonyl (C=O) groups is 1. The van der Waals surface area contributed by atoms with Gasteiger partial charge >= 0.3 is 12.1 Å². The highest BCUT2D eigenvalue weighted by Crippen LogP contribution is 2.19. The second kappa shape index (κ2) is 5.02. The van der Waals surface area contributed by atoms with E-state index in [9.17, 15) is 18.0 Å². The number of rotatable bonds is 3. The Bertz CT molecular complexity index is 389. The first-order chi connectivity index (χ1) is 7.33. The first kappa shape index (κ1) is 13.3. The summed E-state index contributed by atoms with van der Waals surface area (Å²) in [6, 6.07) is 1.25. The predicted octanol–water partition coefficient (Wildman–Crippen LogP) is 2.23.